The summed E-state index contributed by atoms with van der Waals surface area (Å²) in [6.45, 7) is 2.87. The summed E-state index contributed by atoms with van der Waals surface area (Å²) < 4.78 is 0. The van der Waals surface area contributed by atoms with Crippen molar-refractivity contribution in [3.05, 3.63) is 35.9 Å². The average Bonchev–Trinajstić information content (AvgIpc) is 2.73. The van der Waals surface area contributed by atoms with E-state index in [2.05, 4.69) is 10.4 Å². The molecule has 2 rings (SSSR count). The van der Waals surface area contributed by atoms with Gasteiger partial charge in [-0.05, 0) is 5.56 Å². The minimum Gasteiger partial charge on any atom is -0.304 e. The van der Waals surface area contributed by atoms with Crippen LogP contribution < -0.4 is 5.32 Å². The minimum atomic E-state index is -0.217. The van der Waals surface area contributed by atoms with E-state index in [1.54, 1.807) is 0 Å². The molecule has 0 spiro atoms. The molecule has 1 N–H and O–H groups in total. The van der Waals surface area contributed by atoms with Crippen molar-refractivity contribution in [2.24, 2.45) is 5.10 Å². The molecule has 0 unspecified atom stereocenters. The maximum Gasteiger partial charge on any atom is 0.241 e. The van der Waals surface area contributed by atoms with E-state index in [0.717, 1.165) is 5.56 Å². The summed E-state index contributed by atoms with van der Waals surface area (Å²) in [5.74, 6) is -0.352. The number of hydrogen-bond acceptors (Lipinski definition) is 4. The summed E-state index contributed by atoms with van der Waals surface area (Å²) in [7, 11) is 0. The molecule has 0 radical (unpaired) electrons. The molecule has 0 saturated carbocycles. The summed E-state index contributed by atoms with van der Waals surface area (Å²) in [6, 6.07) is 9.59. The first-order chi connectivity index (χ1) is 8.58. The second kappa shape index (κ2) is 5.22. The Labute approximate surface area is 109 Å². The first-order valence-electron chi connectivity index (χ1n) is 5.45. The lowest BCUT2D eigenvalue weighted by Gasteiger charge is -2.18. The van der Waals surface area contributed by atoms with Crippen LogP contribution in [-0.2, 0) is 9.59 Å². The van der Waals surface area contributed by atoms with Gasteiger partial charge in [0.25, 0.3) is 0 Å². The van der Waals surface area contributed by atoms with Crippen molar-refractivity contribution < 1.29 is 9.59 Å². The van der Waals surface area contributed by atoms with Crippen molar-refractivity contribution in [3.8, 4) is 0 Å². The van der Waals surface area contributed by atoms with Crippen LogP contribution in [0.3, 0.4) is 0 Å². The van der Waals surface area contributed by atoms with Crippen LogP contribution >= 0.6 is 11.8 Å². The van der Waals surface area contributed by atoms with Gasteiger partial charge < -0.3 is 5.32 Å². The molecular weight excluding hydrogens is 250 g/mol. The number of amidine groups is 1. The molecule has 0 aliphatic carbocycles. The van der Waals surface area contributed by atoms with Gasteiger partial charge in [-0.15, -0.1) is 5.10 Å². The number of hydrogen-bond donors (Lipinski definition) is 1. The van der Waals surface area contributed by atoms with Crippen LogP contribution in [0, 0.1) is 0 Å². The van der Waals surface area contributed by atoms with Crippen LogP contribution in [0.4, 0.5) is 0 Å². The Morgan fingerprint density at radius 1 is 1.28 bits per heavy atom. The van der Waals surface area contributed by atoms with E-state index in [9.17, 15) is 9.59 Å². The SMILES string of the molecule is CC(=O)NC1=NN(C(C)=O)[C@@H](c2ccccc2)S1. The Kier molecular flexibility index (Phi) is 3.66. The number of benzene rings is 1. The monoisotopic (exact) mass is 263 g/mol. The van der Waals surface area contributed by atoms with Crippen molar-refractivity contribution in [2.45, 2.75) is 19.2 Å². The standard InChI is InChI=1S/C12H13N3O2S/c1-8(16)13-12-14-15(9(2)17)11(18-12)10-6-4-3-5-7-10/h3-7,11H,1-2H3,(H,13,14,16)/t11-/m1/s1. The molecule has 0 bridgehead atoms. The van der Waals surface area contributed by atoms with E-state index in [1.807, 2.05) is 30.3 Å². The van der Waals surface area contributed by atoms with Crippen LogP contribution in [0.25, 0.3) is 0 Å². The number of amides is 2. The van der Waals surface area contributed by atoms with Gasteiger partial charge in [0.2, 0.25) is 11.8 Å². The third-order valence-corrected chi connectivity index (χ3v) is 3.44. The lowest BCUT2D eigenvalue weighted by molar-refractivity contribution is -0.129. The lowest BCUT2D eigenvalue weighted by atomic mass is 10.2. The van der Waals surface area contributed by atoms with E-state index < -0.39 is 0 Å². The highest BCUT2D eigenvalue weighted by Crippen LogP contribution is 2.38. The zero-order valence-corrected chi connectivity index (χ0v) is 10.9. The van der Waals surface area contributed by atoms with Crippen molar-refractivity contribution in [2.75, 3.05) is 0 Å². The first kappa shape index (κ1) is 12.6. The molecule has 0 saturated heterocycles. The van der Waals surface area contributed by atoms with Crippen LogP contribution in [0.5, 0.6) is 0 Å². The van der Waals surface area contributed by atoms with Gasteiger partial charge >= 0.3 is 0 Å². The summed E-state index contributed by atoms with van der Waals surface area (Å²) in [6.07, 6.45) is 0. The predicted molar refractivity (Wildman–Crippen MR) is 70.5 cm³/mol. The third kappa shape index (κ3) is 2.70. The first-order valence-corrected chi connectivity index (χ1v) is 6.33. The predicted octanol–water partition coefficient (Wildman–Crippen LogP) is 1.69. The number of nitrogens with zero attached hydrogens (tertiary/aromatic N) is 2. The van der Waals surface area contributed by atoms with Crippen LogP contribution in [0.15, 0.2) is 35.4 Å². The molecular formula is C12H13N3O2S. The van der Waals surface area contributed by atoms with Gasteiger partial charge in [-0.1, -0.05) is 42.1 Å². The van der Waals surface area contributed by atoms with Gasteiger partial charge in [0, 0.05) is 13.8 Å². The zero-order chi connectivity index (χ0) is 13.1. The number of nitrogens with one attached hydrogen (secondary N) is 1. The smallest absolute Gasteiger partial charge is 0.241 e. The highest BCUT2D eigenvalue weighted by Gasteiger charge is 2.31. The minimum absolute atomic E-state index is 0.156. The highest BCUT2D eigenvalue weighted by atomic mass is 32.2. The second-order valence-electron chi connectivity index (χ2n) is 3.83. The zero-order valence-electron chi connectivity index (χ0n) is 10.1. The maximum atomic E-state index is 11.6. The molecule has 1 aliphatic rings. The van der Waals surface area contributed by atoms with E-state index >= 15 is 0 Å². The molecule has 1 aliphatic heterocycles. The Morgan fingerprint density at radius 2 is 1.94 bits per heavy atom. The molecule has 1 atom stereocenters. The maximum absolute atomic E-state index is 11.6. The van der Waals surface area contributed by atoms with Crippen LogP contribution in [0.1, 0.15) is 24.8 Å². The molecule has 0 fully saturated rings. The quantitative estimate of drug-likeness (QED) is 0.838. The molecule has 18 heavy (non-hydrogen) atoms. The molecule has 1 aromatic rings. The Hall–Kier alpha value is -1.82. The molecule has 1 aromatic carbocycles. The van der Waals surface area contributed by atoms with Gasteiger partial charge in [-0.3, -0.25) is 9.59 Å². The number of thioether (sulfide) groups is 1. The Bertz CT molecular complexity index is 501. The third-order valence-electron chi connectivity index (χ3n) is 2.33. The van der Waals surface area contributed by atoms with Gasteiger partial charge in [0.1, 0.15) is 5.37 Å². The van der Waals surface area contributed by atoms with Crippen molar-refractivity contribution in [1.29, 1.82) is 0 Å². The molecule has 94 valence electrons. The largest absolute Gasteiger partial charge is 0.304 e. The van der Waals surface area contributed by atoms with Gasteiger partial charge in [0.15, 0.2) is 5.17 Å². The molecule has 5 nitrogen and oxygen atoms in total. The topological polar surface area (TPSA) is 61.8 Å². The fourth-order valence-corrected chi connectivity index (χ4v) is 2.73. The van der Waals surface area contributed by atoms with Gasteiger partial charge in [-0.25, -0.2) is 5.01 Å². The van der Waals surface area contributed by atoms with E-state index in [1.165, 1.54) is 30.6 Å². The van der Waals surface area contributed by atoms with E-state index in [0.29, 0.717) is 5.17 Å². The summed E-state index contributed by atoms with van der Waals surface area (Å²) in [5.41, 5.74) is 0.974. The molecule has 2 amide bonds. The van der Waals surface area contributed by atoms with E-state index in [4.69, 9.17) is 0 Å². The fraction of sp³-hybridized carbons (Fsp3) is 0.250. The number of carbonyl (C=O) groups excluding carboxylic acids is 2. The average molecular weight is 263 g/mol. The van der Waals surface area contributed by atoms with E-state index in [-0.39, 0.29) is 17.2 Å². The normalized spacial score (nSPS) is 18.4. The molecule has 6 heteroatoms. The summed E-state index contributed by atoms with van der Waals surface area (Å²) >= 11 is 1.35. The lowest BCUT2D eigenvalue weighted by Crippen LogP contribution is -2.25. The van der Waals surface area contributed by atoms with Gasteiger partial charge in [0.05, 0.1) is 0 Å². The summed E-state index contributed by atoms with van der Waals surface area (Å²) in [5, 5.41) is 8.34. The Balaban J connectivity index is 2.23. The molecule has 0 aromatic heterocycles. The Morgan fingerprint density at radius 3 is 2.50 bits per heavy atom. The second-order valence-corrected chi connectivity index (χ2v) is 4.90. The van der Waals surface area contributed by atoms with Crippen LogP contribution in [-0.4, -0.2) is 22.0 Å². The number of hydrazone groups is 1. The fourth-order valence-electron chi connectivity index (χ4n) is 1.60. The van der Waals surface area contributed by atoms with Gasteiger partial charge in [-0.2, -0.15) is 0 Å². The number of carbonyl (C=O) groups is 2. The van der Waals surface area contributed by atoms with Crippen molar-refractivity contribution in [3.63, 3.8) is 0 Å². The number of rotatable bonds is 1. The van der Waals surface area contributed by atoms with Crippen molar-refractivity contribution in [1.82, 2.24) is 10.3 Å². The van der Waals surface area contributed by atoms with Crippen LogP contribution in [0.2, 0.25) is 0 Å². The molecule has 1 heterocycles. The van der Waals surface area contributed by atoms with Crippen molar-refractivity contribution >= 4 is 28.7 Å². The summed E-state index contributed by atoms with van der Waals surface area (Å²) in [4.78, 5) is 22.6. The highest BCUT2D eigenvalue weighted by molar-refractivity contribution is 8.14.